The molecular formula is C16H17N3O5. The van der Waals surface area contributed by atoms with Gasteiger partial charge in [-0.3, -0.25) is 9.59 Å². The van der Waals surface area contributed by atoms with Gasteiger partial charge in [0.05, 0.1) is 20.1 Å². The van der Waals surface area contributed by atoms with Gasteiger partial charge in [0.15, 0.2) is 5.56 Å². The molecule has 1 atom stereocenters. The van der Waals surface area contributed by atoms with Crippen molar-refractivity contribution >= 4 is 17.6 Å². The molecule has 2 aromatic rings. The first-order chi connectivity index (χ1) is 11.5. The van der Waals surface area contributed by atoms with Crippen molar-refractivity contribution < 1.29 is 24.2 Å². The van der Waals surface area contributed by atoms with Crippen LogP contribution >= 0.6 is 0 Å². The predicted molar refractivity (Wildman–Crippen MR) is 85.6 cm³/mol. The minimum atomic E-state index is -0.914. The molecule has 0 fully saturated rings. The number of hydrogen-bond donors (Lipinski definition) is 2. The minimum Gasteiger partial charge on any atom is -0.481 e. The molecule has 0 saturated carbocycles. The number of carboxylic acids is 1. The van der Waals surface area contributed by atoms with Gasteiger partial charge < -0.3 is 19.9 Å². The van der Waals surface area contributed by atoms with Gasteiger partial charge in [0.1, 0.15) is 6.33 Å². The molecule has 8 nitrogen and oxygen atoms in total. The molecule has 0 aliphatic rings. The second-order valence-electron chi connectivity index (χ2n) is 4.90. The highest BCUT2D eigenvalue weighted by atomic mass is 16.5. The highest BCUT2D eigenvalue weighted by Gasteiger charge is 2.21. The van der Waals surface area contributed by atoms with Gasteiger partial charge in [-0.15, -0.1) is 0 Å². The first kappa shape index (κ1) is 17.2. The van der Waals surface area contributed by atoms with Crippen molar-refractivity contribution in [2.24, 2.45) is 0 Å². The molecule has 2 N–H and O–H groups in total. The molecule has 1 aromatic heterocycles. The number of aromatic nitrogens is 2. The number of carboxylic acid groups (broad SMARTS) is 1. The molecular weight excluding hydrogens is 314 g/mol. The number of benzene rings is 1. The van der Waals surface area contributed by atoms with Crippen LogP contribution in [0.3, 0.4) is 0 Å². The van der Waals surface area contributed by atoms with E-state index in [0.717, 1.165) is 0 Å². The number of hydrogen-bond acceptors (Lipinski definition) is 6. The van der Waals surface area contributed by atoms with E-state index in [2.05, 4.69) is 15.3 Å². The Morgan fingerprint density at radius 3 is 2.08 bits per heavy atom. The zero-order chi connectivity index (χ0) is 17.7. The summed E-state index contributed by atoms with van der Waals surface area (Å²) in [5.41, 5.74) is 1.21. The van der Waals surface area contributed by atoms with E-state index in [1.807, 2.05) is 0 Å². The van der Waals surface area contributed by atoms with Crippen LogP contribution in [0.4, 0.5) is 5.69 Å². The third-order valence-electron chi connectivity index (χ3n) is 3.43. The summed E-state index contributed by atoms with van der Waals surface area (Å²) < 4.78 is 10.1. The number of methoxy groups -OCH3 is 2. The predicted octanol–water partition coefficient (Wildman–Crippen LogP) is 1.93. The molecule has 1 aromatic carbocycles. The van der Waals surface area contributed by atoms with Crippen molar-refractivity contribution in [3.05, 3.63) is 41.7 Å². The number of ether oxygens (including phenoxy) is 2. The SMILES string of the molecule is COc1ncnc(OC)c1C(=O)Nc1ccc(C(C)C(=O)O)cc1. The van der Waals surface area contributed by atoms with E-state index in [1.165, 1.54) is 20.5 Å². The standard InChI is InChI=1S/C16H17N3O5/c1-9(16(21)22)10-4-6-11(7-5-10)19-13(20)12-14(23-2)17-8-18-15(12)24-3/h4-9H,1-3H3,(H,19,20)(H,21,22). The summed E-state index contributed by atoms with van der Waals surface area (Å²) in [5.74, 6) is -1.85. The molecule has 0 aliphatic carbocycles. The fourth-order valence-corrected chi connectivity index (χ4v) is 2.05. The van der Waals surface area contributed by atoms with Crippen molar-refractivity contribution in [2.45, 2.75) is 12.8 Å². The molecule has 126 valence electrons. The summed E-state index contributed by atoms with van der Waals surface area (Å²) in [6, 6.07) is 6.53. The normalized spacial score (nSPS) is 11.5. The van der Waals surface area contributed by atoms with Crippen molar-refractivity contribution in [1.29, 1.82) is 0 Å². The zero-order valence-electron chi connectivity index (χ0n) is 13.4. The first-order valence-electron chi connectivity index (χ1n) is 7.05. The third-order valence-corrected chi connectivity index (χ3v) is 3.43. The van der Waals surface area contributed by atoms with E-state index < -0.39 is 17.8 Å². The van der Waals surface area contributed by atoms with Gasteiger partial charge >= 0.3 is 5.97 Å². The molecule has 1 amide bonds. The summed E-state index contributed by atoms with van der Waals surface area (Å²) in [4.78, 5) is 31.2. The number of amides is 1. The maximum atomic E-state index is 12.5. The highest BCUT2D eigenvalue weighted by Crippen LogP contribution is 2.25. The topological polar surface area (TPSA) is 111 Å². The number of nitrogens with one attached hydrogen (secondary N) is 1. The Morgan fingerprint density at radius 2 is 1.62 bits per heavy atom. The van der Waals surface area contributed by atoms with Crippen molar-refractivity contribution in [3.8, 4) is 11.8 Å². The van der Waals surface area contributed by atoms with Gasteiger partial charge in [-0.25, -0.2) is 9.97 Å². The summed E-state index contributed by atoms with van der Waals surface area (Å²) in [5, 5.41) is 11.7. The van der Waals surface area contributed by atoms with Crippen molar-refractivity contribution in [3.63, 3.8) is 0 Å². The zero-order valence-corrected chi connectivity index (χ0v) is 13.4. The Balaban J connectivity index is 2.23. The summed E-state index contributed by atoms with van der Waals surface area (Å²) in [6.45, 7) is 1.59. The van der Waals surface area contributed by atoms with Crippen LogP contribution in [0.1, 0.15) is 28.8 Å². The molecule has 0 aliphatic heterocycles. The average molecular weight is 331 g/mol. The molecule has 8 heteroatoms. The summed E-state index contributed by atoms with van der Waals surface area (Å²) in [7, 11) is 2.78. The van der Waals surface area contributed by atoms with Gasteiger partial charge in [0.25, 0.3) is 5.91 Å². The second-order valence-corrected chi connectivity index (χ2v) is 4.90. The Morgan fingerprint density at radius 1 is 1.08 bits per heavy atom. The summed E-state index contributed by atoms with van der Waals surface area (Å²) in [6.07, 6.45) is 1.23. The van der Waals surface area contributed by atoms with Crippen LogP contribution < -0.4 is 14.8 Å². The average Bonchev–Trinajstić information content (AvgIpc) is 2.60. The van der Waals surface area contributed by atoms with E-state index in [-0.39, 0.29) is 17.3 Å². The van der Waals surface area contributed by atoms with E-state index in [4.69, 9.17) is 14.6 Å². The van der Waals surface area contributed by atoms with Crippen LogP contribution in [-0.2, 0) is 4.79 Å². The Labute approximate surface area is 138 Å². The van der Waals surface area contributed by atoms with E-state index >= 15 is 0 Å². The maximum absolute atomic E-state index is 12.5. The van der Waals surface area contributed by atoms with E-state index in [0.29, 0.717) is 11.3 Å². The Kier molecular flexibility index (Phi) is 5.31. The lowest BCUT2D eigenvalue weighted by Crippen LogP contribution is -2.16. The monoisotopic (exact) mass is 331 g/mol. The van der Waals surface area contributed by atoms with Crippen LogP contribution in [0.25, 0.3) is 0 Å². The molecule has 0 radical (unpaired) electrons. The van der Waals surface area contributed by atoms with Gasteiger partial charge in [-0.1, -0.05) is 12.1 Å². The number of aliphatic carboxylic acids is 1. The first-order valence-corrected chi connectivity index (χ1v) is 7.05. The smallest absolute Gasteiger partial charge is 0.310 e. The molecule has 1 heterocycles. The fraction of sp³-hybridized carbons (Fsp3) is 0.250. The second kappa shape index (κ2) is 7.40. The van der Waals surface area contributed by atoms with Crippen LogP contribution in [0, 0.1) is 0 Å². The number of carbonyl (C=O) groups is 2. The van der Waals surface area contributed by atoms with Gasteiger partial charge in [-0.2, -0.15) is 0 Å². The Bertz CT molecular complexity index is 724. The molecule has 1 unspecified atom stereocenters. The highest BCUT2D eigenvalue weighted by molar-refractivity contribution is 6.07. The lowest BCUT2D eigenvalue weighted by atomic mass is 10.0. The van der Waals surface area contributed by atoms with Crippen LogP contribution in [0.15, 0.2) is 30.6 Å². The number of anilines is 1. The van der Waals surface area contributed by atoms with Crippen LogP contribution in [-0.4, -0.2) is 41.2 Å². The molecule has 24 heavy (non-hydrogen) atoms. The van der Waals surface area contributed by atoms with Gasteiger partial charge in [0, 0.05) is 5.69 Å². The lowest BCUT2D eigenvalue weighted by Gasteiger charge is -2.12. The lowest BCUT2D eigenvalue weighted by molar-refractivity contribution is -0.138. The van der Waals surface area contributed by atoms with E-state index in [9.17, 15) is 9.59 Å². The summed E-state index contributed by atoms with van der Waals surface area (Å²) >= 11 is 0. The largest absolute Gasteiger partial charge is 0.481 e. The molecule has 0 spiro atoms. The quantitative estimate of drug-likeness (QED) is 0.832. The van der Waals surface area contributed by atoms with Crippen molar-refractivity contribution in [1.82, 2.24) is 9.97 Å². The number of rotatable bonds is 6. The number of carbonyl (C=O) groups excluding carboxylic acids is 1. The minimum absolute atomic E-state index is 0.0745. The van der Waals surface area contributed by atoms with Gasteiger partial charge in [0.2, 0.25) is 11.8 Å². The number of nitrogens with zero attached hydrogens (tertiary/aromatic N) is 2. The maximum Gasteiger partial charge on any atom is 0.310 e. The van der Waals surface area contributed by atoms with Crippen LogP contribution in [0.5, 0.6) is 11.8 Å². The molecule has 0 saturated heterocycles. The van der Waals surface area contributed by atoms with Crippen molar-refractivity contribution in [2.75, 3.05) is 19.5 Å². The molecule has 2 rings (SSSR count). The third kappa shape index (κ3) is 3.60. The fourth-order valence-electron chi connectivity index (χ4n) is 2.05. The van der Waals surface area contributed by atoms with E-state index in [1.54, 1.807) is 31.2 Å². The van der Waals surface area contributed by atoms with Gasteiger partial charge in [-0.05, 0) is 24.6 Å². The van der Waals surface area contributed by atoms with Crippen LogP contribution in [0.2, 0.25) is 0 Å². The Hall–Kier alpha value is -3.16. The molecule has 0 bridgehead atoms.